The van der Waals surface area contributed by atoms with Gasteiger partial charge in [0.15, 0.2) is 0 Å². The monoisotopic (exact) mass is 275 g/mol. The van der Waals surface area contributed by atoms with Gasteiger partial charge in [0, 0.05) is 12.2 Å². The van der Waals surface area contributed by atoms with E-state index < -0.39 is 0 Å². The van der Waals surface area contributed by atoms with Gasteiger partial charge in [-0.2, -0.15) is 0 Å². The first-order valence-corrected chi connectivity index (χ1v) is 8.16. The SMILES string of the molecule is Cc1cc(OC(C)C)ccc1NCCC1CCCCC1. The van der Waals surface area contributed by atoms with E-state index in [-0.39, 0.29) is 6.10 Å². The highest BCUT2D eigenvalue weighted by atomic mass is 16.5. The van der Waals surface area contributed by atoms with Gasteiger partial charge in [-0.1, -0.05) is 32.1 Å². The summed E-state index contributed by atoms with van der Waals surface area (Å²) in [6.45, 7) is 7.36. The Balaban J connectivity index is 1.80. The molecule has 112 valence electrons. The van der Waals surface area contributed by atoms with E-state index in [4.69, 9.17) is 4.74 Å². The van der Waals surface area contributed by atoms with Crippen molar-refractivity contribution in [3.05, 3.63) is 23.8 Å². The van der Waals surface area contributed by atoms with Gasteiger partial charge in [-0.3, -0.25) is 0 Å². The van der Waals surface area contributed by atoms with E-state index in [0.29, 0.717) is 0 Å². The van der Waals surface area contributed by atoms with Gasteiger partial charge in [0.1, 0.15) is 5.75 Å². The molecule has 2 nitrogen and oxygen atoms in total. The topological polar surface area (TPSA) is 21.3 Å². The van der Waals surface area contributed by atoms with Crippen LogP contribution in [-0.4, -0.2) is 12.6 Å². The number of hydrogen-bond acceptors (Lipinski definition) is 2. The van der Waals surface area contributed by atoms with Crippen LogP contribution in [0.25, 0.3) is 0 Å². The smallest absolute Gasteiger partial charge is 0.120 e. The summed E-state index contributed by atoms with van der Waals surface area (Å²) in [6, 6.07) is 6.34. The molecule has 1 aliphatic rings. The summed E-state index contributed by atoms with van der Waals surface area (Å²) < 4.78 is 5.72. The maximum Gasteiger partial charge on any atom is 0.120 e. The van der Waals surface area contributed by atoms with E-state index in [1.54, 1.807) is 0 Å². The molecular weight excluding hydrogens is 246 g/mol. The number of rotatable bonds is 6. The molecule has 1 aliphatic carbocycles. The van der Waals surface area contributed by atoms with Crippen LogP contribution in [0.5, 0.6) is 5.75 Å². The number of hydrogen-bond donors (Lipinski definition) is 1. The number of benzene rings is 1. The second-order valence-corrected chi connectivity index (χ2v) is 6.36. The lowest BCUT2D eigenvalue weighted by Gasteiger charge is -2.22. The van der Waals surface area contributed by atoms with Gasteiger partial charge < -0.3 is 10.1 Å². The zero-order chi connectivity index (χ0) is 14.4. The first kappa shape index (κ1) is 15.2. The molecule has 2 heteroatoms. The minimum absolute atomic E-state index is 0.236. The molecule has 0 radical (unpaired) electrons. The summed E-state index contributed by atoms with van der Waals surface area (Å²) in [4.78, 5) is 0. The summed E-state index contributed by atoms with van der Waals surface area (Å²) in [5.74, 6) is 1.91. The zero-order valence-electron chi connectivity index (χ0n) is 13.2. The molecule has 1 aromatic rings. The Labute approximate surface area is 123 Å². The van der Waals surface area contributed by atoms with Crippen LogP contribution in [0.1, 0.15) is 57.9 Å². The Bertz CT molecular complexity index is 408. The molecule has 1 fully saturated rings. The highest BCUT2D eigenvalue weighted by Crippen LogP contribution is 2.27. The molecule has 0 saturated heterocycles. The molecule has 1 N–H and O–H groups in total. The second kappa shape index (κ2) is 7.56. The molecule has 2 rings (SSSR count). The molecule has 1 saturated carbocycles. The standard InChI is InChI=1S/C18H29NO/c1-14(2)20-17-9-10-18(15(3)13-17)19-12-11-16-7-5-4-6-8-16/h9-10,13-14,16,19H,4-8,11-12H2,1-3H3. The Morgan fingerprint density at radius 2 is 1.95 bits per heavy atom. The fourth-order valence-electron chi connectivity index (χ4n) is 3.07. The van der Waals surface area contributed by atoms with E-state index in [1.165, 1.54) is 49.8 Å². The summed E-state index contributed by atoms with van der Waals surface area (Å²) in [5, 5.41) is 3.59. The van der Waals surface area contributed by atoms with E-state index in [2.05, 4.69) is 44.3 Å². The molecule has 0 aliphatic heterocycles. The third-order valence-corrected chi connectivity index (χ3v) is 4.16. The number of nitrogens with one attached hydrogen (secondary N) is 1. The largest absolute Gasteiger partial charge is 0.491 e. The van der Waals surface area contributed by atoms with Crippen molar-refractivity contribution < 1.29 is 4.74 Å². The fourth-order valence-corrected chi connectivity index (χ4v) is 3.07. The van der Waals surface area contributed by atoms with E-state index in [9.17, 15) is 0 Å². The van der Waals surface area contributed by atoms with Gasteiger partial charge in [0.2, 0.25) is 0 Å². The Morgan fingerprint density at radius 1 is 1.20 bits per heavy atom. The van der Waals surface area contributed by atoms with E-state index in [0.717, 1.165) is 18.2 Å². The zero-order valence-corrected chi connectivity index (χ0v) is 13.2. The normalized spacial score (nSPS) is 16.4. The third kappa shape index (κ3) is 4.73. The lowest BCUT2D eigenvalue weighted by molar-refractivity contribution is 0.242. The first-order valence-electron chi connectivity index (χ1n) is 8.16. The van der Waals surface area contributed by atoms with Gasteiger partial charge in [0.05, 0.1) is 6.10 Å². The average molecular weight is 275 g/mol. The highest BCUT2D eigenvalue weighted by Gasteiger charge is 2.12. The van der Waals surface area contributed by atoms with Crippen molar-refractivity contribution in [2.45, 2.75) is 65.4 Å². The molecule has 0 unspecified atom stereocenters. The van der Waals surface area contributed by atoms with Crippen LogP contribution >= 0.6 is 0 Å². The lowest BCUT2D eigenvalue weighted by Crippen LogP contribution is -2.12. The lowest BCUT2D eigenvalue weighted by atomic mass is 9.87. The van der Waals surface area contributed by atoms with Crippen molar-refractivity contribution in [1.29, 1.82) is 0 Å². The Morgan fingerprint density at radius 3 is 2.60 bits per heavy atom. The predicted molar refractivity (Wildman–Crippen MR) is 86.6 cm³/mol. The molecule has 0 aromatic heterocycles. The minimum atomic E-state index is 0.236. The fraction of sp³-hybridized carbons (Fsp3) is 0.667. The maximum absolute atomic E-state index is 5.72. The van der Waals surface area contributed by atoms with E-state index >= 15 is 0 Å². The molecular formula is C18H29NO. The van der Waals surface area contributed by atoms with Crippen LogP contribution in [0.3, 0.4) is 0 Å². The summed E-state index contributed by atoms with van der Waals surface area (Å²) in [5.41, 5.74) is 2.52. The summed E-state index contributed by atoms with van der Waals surface area (Å²) >= 11 is 0. The second-order valence-electron chi connectivity index (χ2n) is 6.36. The number of anilines is 1. The van der Waals surface area contributed by atoms with Crippen molar-refractivity contribution in [3.63, 3.8) is 0 Å². The average Bonchev–Trinajstić information content (AvgIpc) is 2.42. The van der Waals surface area contributed by atoms with E-state index in [1.807, 2.05) is 0 Å². The third-order valence-electron chi connectivity index (χ3n) is 4.16. The summed E-state index contributed by atoms with van der Waals surface area (Å²) in [7, 11) is 0. The van der Waals surface area contributed by atoms with Gasteiger partial charge in [-0.25, -0.2) is 0 Å². The first-order chi connectivity index (χ1) is 9.65. The highest BCUT2D eigenvalue weighted by molar-refractivity contribution is 5.53. The minimum Gasteiger partial charge on any atom is -0.491 e. The molecule has 0 atom stereocenters. The van der Waals surface area contributed by atoms with Gasteiger partial charge in [-0.05, 0) is 56.9 Å². The molecule has 0 spiro atoms. The van der Waals surface area contributed by atoms with Crippen LogP contribution in [0.4, 0.5) is 5.69 Å². The van der Waals surface area contributed by atoms with Crippen molar-refractivity contribution in [3.8, 4) is 5.75 Å². The molecule has 0 heterocycles. The number of ether oxygens (including phenoxy) is 1. The van der Waals surface area contributed by atoms with Crippen LogP contribution in [0.15, 0.2) is 18.2 Å². The van der Waals surface area contributed by atoms with Crippen molar-refractivity contribution in [1.82, 2.24) is 0 Å². The quantitative estimate of drug-likeness (QED) is 0.773. The van der Waals surface area contributed by atoms with Crippen LogP contribution in [0.2, 0.25) is 0 Å². The van der Waals surface area contributed by atoms with Crippen molar-refractivity contribution >= 4 is 5.69 Å². The van der Waals surface area contributed by atoms with Gasteiger partial charge in [0.25, 0.3) is 0 Å². The predicted octanol–water partition coefficient (Wildman–Crippen LogP) is 5.16. The number of aryl methyl sites for hydroxylation is 1. The van der Waals surface area contributed by atoms with Crippen LogP contribution < -0.4 is 10.1 Å². The maximum atomic E-state index is 5.72. The molecule has 0 bridgehead atoms. The van der Waals surface area contributed by atoms with Crippen LogP contribution in [0, 0.1) is 12.8 Å². The van der Waals surface area contributed by atoms with Gasteiger partial charge >= 0.3 is 0 Å². The van der Waals surface area contributed by atoms with Crippen LogP contribution in [-0.2, 0) is 0 Å². The molecule has 20 heavy (non-hydrogen) atoms. The van der Waals surface area contributed by atoms with Gasteiger partial charge in [-0.15, -0.1) is 0 Å². The Kier molecular flexibility index (Phi) is 5.75. The van der Waals surface area contributed by atoms with Crippen molar-refractivity contribution in [2.75, 3.05) is 11.9 Å². The molecule has 0 amide bonds. The summed E-state index contributed by atoms with van der Waals surface area (Å²) in [6.07, 6.45) is 8.73. The molecule has 1 aromatic carbocycles. The van der Waals surface area contributed by atoms with Crippen molar-refractivity contribution in [2.24, 2.45) is 5.92 Å². The Hall–Kier alpha value is -1.18.